The van der Waals surface area contributed by atoms with Gasteiger partial charge in [0.1, 0.15) is 0 Å². The maximum atomic E-state index is 14.3. The standard InChI is InChI=1S/C27H31F3N4/c1-5-32(13-12-20-10-11-20)16-23-25(27(28,29)30)31-26-33(23)21-8-6-7-9-22(21)34(26)24-18(3)14-17(2)15-19(24)4/h6-9,14-15,20H,5,10-13,16H2,1-4H3. The van der Waals surface area contributed by atoms with Crippen LogP contribution in [0.25, 0.3) is 22.5 Å². The number of benzene rings is 2. The predicted molar refractivity (Wildman–Crippen MR) is 130 cm³/mol. The Labute approximate surface area is 198 Å². The lowest BCUT2D eigenvalue weighted by molar-refractivity contribution is -0.141. The molecule has 0 amide bonds. The summed E-state index contributed by atoms with van der Waals surface area (Å²) in [6.07, 6.45) is -1.00. The van der Waals surface area contributed by atoms with Gasteiger partial charge in [0, 0.05) is 6.54 Å². The Morgan fingerprint density at radius 3 is 2.26 bits per heavy atom. The highest BCUT2D eigenvalue weighted by Crippen LogP contribution is 2.38. The quantitative estimate of drug-likeness (QED) is 0.297. The molecule has 4 aromatic rings. The molecule has 1 aliphatic carbocycles. The second kappa shape index (κ2) is 8.45. The van der Waals surface area contributed by atoms with Crippen LogP contribution in [0.3, 0.4) is 0 Å². The van der Waals surface area contributed by atoms with Crippen LogP contribution in [0, 0.1) is 26.7 Å². The summed E-state index contributed by atoms with van der Waals surface area (Å²) in [7, 11) is 0. The number of nitrogens with zero attached hydrogens (tertiary/aromatic N) is 4. The molecule has 0 saturated heterocycles. The van der Waals surface area contributed by atoms with Gasteiger partial charge in [-0.1, -0.05) is 49.6 Å². The smallest absolute Gasteiger partial charge is 0.298 e. The first-order chi connectivity index (χ1) is 16.2. The highest BCUT2D eigenvalue weighted by molar-refractivity contribution is 5.85. The predicted octanol–water partition coefficient (Wildman–Crippen LogP) is 6.84. The van der Waals surface area contributed by atoms with Crippen LogP contribution >= 0.6 is 0 Å². The molecule has 0 atom stereocenters. The van der Waals surface area contributed by atoms with Crippen molar-refractivity contribution in [1.82, 2.24) is 18.9 Å². The number of aromatic nitrogens is 3. The Hall–Kier alpha value is -2.80. The van der Waals surface area contributed by atoms with E-state index in [1.165, 1.54) is 12.8 Å². The minimum Gasteiger partial charge on any atom is -0.298 e. The molecule has 1 saturated carbocycles. The number of imidazole rings is 2. The molecule has 0 unspecified atom stereocenters. The van der Waals surface area contributed by atoms with Gasteiger partial charge in [0.05, 0.1) is 22.4 Å². The first-order valence-corrected chi connectivity index (χ1v) is 12.1. The van der Waals surface area contributed by atoms with Gasteiger partial charge < -0.3 is 0 Å². The number of alkyl halides is 3. The third kappa shape index (κ3) is 4.00. The summed E-state index contributed by atoms with van der Waals surface area (Å²) in [4.78, 5) is 6.39. The zero-order valence-corrected chi connectivity index (χ0v) is 20.2. The first kappa shape index (κ1) is 23.0. The summed E-state index contributed by atoms with van der Waals surface area (Å²) in [6, 6.07) is 11.8. The second-order valence-corrected chi connectivity index (χ2v) is 9.71. The van der Waals surface area contributed by atoms with Crippen LogP contribution in [0.15, 0.2) is 36.4 Å². The van der Waals surface area contributed by atoms with Crippen LogP contribution < -0.4 is 0 Å². The summed E-state index contributed by atoms with van der Waals surface area (Å²) in [5.41, 5.74) is 5.08. The van der Waals surface area contributed by atoms with Gasteiger partial charge in [-0.05, 0) is 69.5 Å². The maximum absolute atomic E-state index is 14.3. The van der Waals surface area contributed by atoms with Gasteiger partial charge in [-0.15, -0.1) is 0 Å². The lowest BCUT2D eigenvalue weighted by Crippen LogP contribution is -2.26. The van der Waals surface area contributed by atoms with E-state index in [0.717, 1.165) is 52.3 Å². The van der Waals surface area contributed by atoms with Crippen molar-refractivity contribution in [2.24, 2.45) is 5.92 Å². The fraction of sp³-hybridized carbons (Fsp3) is 0.444. The Balaban J connectivity index is 1.76. The lowest BCUT2D eigenvalue weighted by atomic mass is 10.0. The fourth-order valence-electron chi connectivity index (χ4n) is 5.24. The second-order valence-electron chi connectivity index (χ2n) is 9.71. The number of halogens is 3. The summed E-state index contributed by atoms with van der Waals surface area (Å²) < 4.78 is 46.5. The van der Waals surface area contributed by atoms with Gasteiger partial charge in [0.2, 0.25) is 5.78 Å². The number of para-hydroxylation sites is 2. The topological polar surface area (TPSA) is 25.5 Å². The van der Waals surface area contributed by atoms with Crippen molar-refractivity contribution in [3.05, 3.63) is 64.5 Å². The molecule has 2 aromatic heterocycles. The monoisotopic (exact) mass is 468 g/mol. The molecule has 2 aromatic carbocycles. The molecule has 7 heteroatoms. The van der Waals surface area contributed by atoms with Crippen molar-refractivity contribution in [3.63, 3.8) is 0 Å². The van der Waals surface area contributed by atoms with Gasteiger partial charge in [0.15, 0.2) is 5.69 Å². The van der Waals surface area contributed by atoms with E-state index in [1.54, 1.807) is 4.40 Å². The zero-order chi connectivity index (χ0) is 24.2. The van der Waals surface area contributed by atoms with Crippen molar-refractivity contribution < 1.29 is 13.2 Å². The Morgan fingerprint density at radius 1 is 1.03 bits per heavy atom. The molecule has 1 fully saturated rings. The summed E-state index contributed by atoms with van der Waals surface area (Å²) >= 11 is 0. The maximum Gasteiger partial charge on any atom is 0.435 e. The normalized spacial score (nSPS) is 14.7. The molecule has 0 bridgehead atoms. The van der Waals surface area contributed by atoms with E-state index in [2.05, 4.69) is 22.0 Å². The zero-order valence-electron chi connectivity index (χ0n) is 20.2. The van der Waals surface area contributed by atoms with E-state index in [1.807, 2.05) is 56.5 Å². The Kier molecular flexibility index (Phi) is 5.71. The average molecular weight is 469 g/mol. The van der Waals surface area contributed by atoms with Crippen LogP contribution in [-0.4, -0.2) is 31.9 Å². The van der Waals surface area contributed by atoms with E-state index in [4.69, 9.17) is 0 Å². The molecule has 2 heterocycles. The number of rotatable bonds is 7. The summed E-state index contributed by atoms with van der Waals surface area (Å²) in [5, 5.41) is 0. The van der Waals surface area contributed by atoms with Gasteiger partial charge in [0.25, 0.3) is 0 Å². The van der Waals surface area contributed by atoms with Crippen molar-refractivity contribution in [2.75, 3.05) is 13.1 Å². The van der Waals surface area contributed by atoms with E-state index in [-0.39, 0.29) is 12.2 Å². The number of fused-ring (bicyclic) bond motifs is 3. The van der Waals surface area contributed by atoms with Crippen LogP contribution in [-0.2, 0) is 12.7 Å². The largest absolute Gasteiger partial charge is 0.435 e. The van der Waals surface area contributed by atoms with Crippen LogP contribution in [0.4, 0.5) is 13.2 Å². The van der Waals surface area contributed by atoms with Crippen molar-refractivity contribution in [3.8, 4) is 5.69 Å². The van der Waals surface area contributed by atoms with Crippen molar-refractivity contribution in [1.29, 1.82) is 0 Å². The van der Waals surface area contributed by atoms with Gasteiger partial charge in [-0.25, -0.2) is 4.98 Å². The number of aryl methyl sites for hydroxylation is 3. The molecule has 1 aliphatic rings. The third-order valence-electron chi connectivity index (χ3n) is 7.02. The Morgan fingerprint density at radius 2 is 1.68 bits per heavy atom. The van der Waals surface area contributed by atoms with Crippen LogP contribution in [0.1, 0.15) is 54.3 Å². The first-order valence-electron chi connectivity index (χ1n) is 12.1. The SMILES string of the molecule is CCN(CCC1CC1)Cc1c(C(F)(F)F)nc2n(-c3c(C)cc(C)cc3C)c3ccccc3n12. The number of hydrogen-bond donors (Lipinski definition) is 0. The summed E-state index contributed by atoms with van der Waals surface area (Å²) in [6.45, 7) is 9.79. The molecule has 0 aliphatic heterocycles. The molecule has 4 nitrogen and oxygen atoms in total. The fourth-order valence-corrected chi connectivity index (χ4v) is 5.24. The molecule has 0 N–H and O–H groups in total. The van der Waals surface area contributed by atoms with Crippen molar-refractivity contribution >= 4 is 16.8 Å². The van der Waals surface area contributed by atoms with Gasteiger partial charge >= 0.3 is 6.18 Å². The van der Waals surface area contributed by atoms with Gasteiger partial charge in [-0.3, -0.25) is 13.9 Å². The molecule has 5 rings (SSSR count). The lowest BCUT2D eigenvalue weighted by Gasteiger charge is -2.21. The molecular formula is C27H31F3N4. The van der Waals surface area contributed by atoms with Gasteiger partial charge in [-0.2, -0.15) is 13.2 Å². The molecule has 0 radical (unpaired) electrons. The number of hydrogen-bond acceptors (Lipinski definition) is 2. The highest BCUT2D eigenvalue weighted by Gasteiger charge is 2.39. The molecule has 180 valence electrons. The summed E-state index contributed by atoms with van der Waals surface area (Å²) in [5.74, 6) is 1.05. The minimum absolute atomic E-state index is 0.220. The van der Waals surface area contributed by atoms with Crippen molar-refractivity contribution in [2.45, 2.75) is 59.7 Å². The highest BCUT2D eigenvalue weighted by atomic mass is 19.4. The Bertz CT molecular complexity index is 1330. The van der Waals surface area contributed by atoms with E-state index >= 15 is 0 Å². The van der Waals surface area contributed by atoms with Crippen LogP contribution in [0.2, 0.25) is 0 Å². The molecule has 34 heavy (non-hydrogen) atoms. The van der Waals surface area contributed by atoms with Crippen LogP contribution in [0.5, 0.6) is 0 Å². The molecular weight excluding hydrogens is 437 g/mol. The van der Waals surface area contributed by atoms with E-state index in [0.29, 0.717) is 12.3 Å². The third-order valence-corrected chi connectivity index (χ3v) is 7.02. The van der Waals surface area contributed by atoms with E-state index < -0.39 is 11.9 Å². The minimum atomic E-state index is -4.53. The molecule has 0 spiro atoms. The van der Waals surface area contributed by atoms with E-state index in [9.17, 15) is 13.2 Å². The average Bonchev–Trinajstić information content (AvgIpc) is 3.44.